The smallest absolute Gasteiger partial charge is 0.162 e. The van der Waals surface area contributed by atoms with Gasteiger partial charge in [0.2, 0.25) is 0 Å². The molecule has 0 atom stereocenters. The highest BCUT2D eigenvalue weighted by Gasteiger charge is 2.10. The third kappa shape index (κ3) is 7.38. The number of aryl methyl sites for hydroxylation is 2. The fraction of sp³-hybridized carbons (Fsp3) is 0.263. The molecule has 6 nitrogen and oxygen atoms in total. The number of H-pyrrole nitrogens is 2. The summed E-state index contributed by atoms with van der Waals surface area (Å²) in [5, 5.41) is 0. The van der Waals surface area contributed by atoms with E-state index < -0.39 is 0 Å². The van der Waals surface area contributed by atoms with Crippen LogP contribution in [-0.2, 0) is 12.8 Å². The number of imidazole rings is 2. The van der Waals surface area contributed by atoms with Crippen molar-refractivity contribution < 1.29 is 9.59 Å². The zero-order valence-corrected chi connectivity index (χ0v) is 25.0. The highest BCUT2D eigenvalue weighted by Crippen LogP contribution is 2.27. The highest BCUT2D eigenvalue weighted by atomic mass is 16.1. The second kappa shape index (κ2) is 14.1. The first-order valence-electron chi connectivity index (χ1n) is 15.8. The van der Waals surface area contributed by atoms with Crippen molar-refractivity contribution in [3.05, 3.63) is 120 Å². The van der Waals surface area contributed by atoms with Crippen LogP contribution in [0.4, 0.5) is 0 Å². The number of unbranched alkanes of at least 4 members (excludes halogenated alkanes) is 4. The number of ketones is 2. The van der Waals surface area contributed by atoms with E-state index in [2.05, 4.69) is 46.4 Å². The largest absolute Gasteiger partial charge is 0.342 e. The van der Waals surface area contributed by atoms with Crippen molar-refractivity contribution in [2.24, 2.45) is 0 Å². The number of nitrogens with zero attached hydrogens (tertiary/aromatic N) is 2. The van der Waals surface area contributed by atoms with Crippen molar-refractivity contribution >= 4 is 33.6 Å². The molecule has 0 aliphatic carbocycles. The van der Waals surface area contributed by atoms with Gasteiger partial charge in [-0.25, -0.2) is 9.97 Å². The standard InChI is InChI=1S/C38H38N4O2/c43-35(27-13-5-1-6-14-27)17-9-3-11-19-37-39-31-23-21-29(25-33(31)41-37)30-22-24-32-34(26-30)42-38(40-32)20-12-4-10-18-36(44)28-15-7-2-8-16-28/h1-2,5-8,13-16,21-26H,3-4,9-12,17-20H2,(H,39,41)(H,40,42). The van der Waals surface area contributed by atoms with E-state index in [4.69, 9.17) is 9.97 Å². The van der Waals surface area contributed by atoms with Gasteiger partial charge in [0.1, 0.15) is 11.6 Å². The molecule has 0 bridgehead atoms. The third-order valence-electron chi connectivity index (χ3n) is 8.22. The summed E-state index contributed by atoms with van der Waals surface area (Å²) in [5.74, 6) is 2.42. The van der Waals surface area contributed by atoms with Crippen LogP contribution < -0.4 is 0 Å². The van der Waals surface area contributed by atoms with E-state index in [1.54, 1.807) is 0 Å². The van der Waals surface area contributed by atoms with Gasteiger partial charge in [0.25, 0.3) is 0 Å². The summed E-state index contributed by atoms with van der Waals surface area (Å²) >= 11 is 0. The maximum absolute atomic E-state index is 12.3. The maximum Gasteiger partial charge on any atom is 0.162 e. The first kappa shape index (κ1) is 29.2. The number of fused-ring (bicyclic) bond motifs is 2. The Balaban J connectivity index is 0.988. The van der Waals surface area contributed by atoms with E-state index in [1.807, 2.05) is 60.7 Å². The Hall–Kier alpha value is -4.84. The molecule has 0 saturated heterocycles. The van der Waals surface area contributed by atoms with Crippen molar-refractivity contribution in [1.29, 1.82) is 0 Å². The minimum absolute atomic E-state index is 0.218. The van der Waals surface area contributed by atoms with E-state index in [9.17, 15) is 9.59 Å². The summed E-state index contributed by atoms with van der Waals surface area (Å²) in [7, 11) is 0. The molecule has 2 heterocycles. The maximum atomic E-state index is 12.3. The lowest BCUT2D eigenvalue weighted by atomic mass is 10.0. The van der Waals surface area contributed by atoms with Crippen LogP contribution in [0.5, 0.6) is 0 Å². The summed E-state index contributed by atoms with van der Waals surface area (Å²) < 4.78 is 0. The normalized spacial score (nSPS) is 11.4. The van der Waals surface area contributed by atoms with Gasteiger partial charge in [-0.1, -0.05) is 85.6 Å². The molecular weight excluding hydrogens is 544 g/mol. The van der Waals surface area contributed by atoms with Crippen molar-refractivity contribution in [2.45, 2.75) is 64.2 Å². The number of hydrogen-bond donors (Lipinski definition) is 2. The first-order valence-corrected chi connectivity index (χ1v) is 15.8. The molecule has 0 aliphatic rings. The fourth-order valence-electron chi connectivity index (χ4n) is 5.77. The quantitative estimate of drug-likeness (QED) is 0.0933. The van der Waals surface area contributed by atoms with Gasteiger partial charge in [-0.05, 0) is 61.1 Å². The molecule has 6 rings (SSSR count). The molecule has 2 N–H and O–H groups in total. The molecule has 44 heavy (non-hydrogen) atoms. The Kier molecular flexibility index (Phi) is 9.36. The molecule has 222 valence electrons. The number of aromatic nitrogens is 4. The van der Waals surface area contributed by atoms with E-state index in [0.29, 0.717) is 12.8 Å². The molecule has 0 saturated carbocycles. The van der Waals surface area contributed by atoms with Gasteiger partial charge in [-0.15, -0.1) is 0 Å². The minimum Gasteiger partial charge on any atom is -0.342 e. The minimum atomic E-state index is 0.218. The van der Waals surface area contributed by atoms with Crippen LogP contribution in [0.1, 0.15) is 83.7 Å². The fourth-order valence-corrected chi connectivity index (χ4v) is 5.77. The second-order valence-corrected chi connectivity index (χ2v) is 11.5. The highest BCUT2D eigenvalue weighted by molar-refractivity contribution is 5.96. The van der Waals surface area contributed by atoms with Crippen molar-refractivity contribution in [3.63, 3.8) is 0 Å². The number of aromatic amines is 2. The van der Waals surface area contributed by atoms with E-state index in [-0.39, 0.29) is 11.6 Å². The molecule has 0 radical (unpaired) electrons. The van der Waals surface area contributed by atoms with Crippen LogP contribution in [-0.4, -0.2) is 31.5 Å². The van der Waals surface area contributed by atoms with E-state index >= 15 is 0 Å². The van der Waals surface area contributed by atoms with Crippen LogP contribution in [0.3, 0.4) is 0 Å². The number of hydrogen-bond acceptors (Lipinski definition) is 4. The van der Waals surface area contributed by atoms with E-state index in [1.165, 1.54) is 0 Å². The van der Waals surface area contributed by atoms with E-state index in [0.717, 1.165) is 107 Å². The number of Topliss-reactive ketones (excluding diaryl/α,β-unsaturated/α-hetero) is 2. The summed E-state index contributed by atoms with van der Waals surface area (Å²) in [6, 6.07) is 31.8. The van der Waals surface area contributed by atoms with Gasteiger partial charge >= 0.3 is 0 Å². The van der Waals surface area contributed by atoms with Gasteiger partial charge in [-0.2, -0.15) is 0 Å². The van der Waals surface area contributed by atoms with Gasteiger partial charge in [0.15, 0.2) is 11.6 Å². The average molecular weight is 583 g/mol. The zero-order valence-electron chi connectivity index (χ0n) is 25.0. The lowest BCUT2D eigenvalue weighted by Gasteiger charge is -2.02. The zero-order chi connectivity index (χ0) is 30.1. The van der Waals surface area contributed by atoms with Crippen molar-refractivity contribution in [2.75, 3.05) is 0 Å². The number of nitrogens with one attached hydrogen (secondary N) is 2. The van der Waals surface area contributed by atoms with Crippen LogP contribution in [0.25, 0.3) is 33.2 Å². The summed E-state index contributed by atoms with van der Waals surface area (Å²) in [5.41, 5.74) is 7.88. The SMILES string of the molecule is O=C(CCCCCc1nc2ccc(-c3ccc4nc(CCCCCC(=O)c5ccccc5)[nH]c4c3)cc2[nH]1)c1ccccc1. The van der Waals surface area contributed by atoms with Crippen molar-refractivity contribution in [1.82, 2.24) is 19.9 Å². The Bertz CT molecular complexity index is 1720. The Morgan fingerprint density at radius 2 is 0.932 bits per heavy atom. The molecule has 0 fully saturated rings. The predicted octanol–water partition coefficient (Wildman–Crippen LogP) is 9.08. The van der Waals surface area contributed by atoms with Gasteiger partial charge in [0.05, 0.1) is 22.1 Å². The van der Waals surface area contributed by atoms with Crippen molar-refractivity contribution in [3.8, 4) is 11.1 Å². The van der Waals surface area contributed by atoms with Crippen LogP contribution in [0, 0.1) is 0 Å². The lowest BCUT2D eigenvalue weighted by Crippen LogP contribution is -1.98. The van der Waals surface area contributed by atoms with Crippen LogP contribution in [0.2, 0.25) is 0 Å². The van der Waals surface area contributed by atoms with Crippen LogP contribution >= 0.6 is 0 Å². The van der Waals surface area contributed by atoms with Gasteiger partial charge in [0, 0.05) is 36.8 Å². The topological polar surface area (TPSA) is 91.5 Å². The third-order valence-corrected chi connectivity index (χ3v) is 8.22. The molecule has 4 aromatic carbocycles. The first-order chi connectivity index (χ1) is 21.6. The average Bonchev–Trinajstić information content (AvgIpc) is 3.67. The lowest BCUT2D eigenvalue weighted by molar-refractivity contribution is 0.0971. The summed E-state index contributed by atoms with van der Waals surface area (Å²) in [6.45, 7) is 0. The second-order valence-electron chi connectivity index (χ2n) is 11.5. The molecule has 6 aromatic rings. The Morgan fingerprint density at radius 1 is 0.500 bits per heavy atom. The Labute approximate surface area is 258 Å². The molecule has 0 aliphatic heterocycles. The number of carbonyl (C=O) groups excluding carboxylic acids is 2. The molecule has 2 aromatic heterocycles. The predicted molar refractivity (Wildman–Crippen MR) is 177 cm³/mol. The Morgan fingerprint density at radius 3 is 1.36 bits per heavy atom. The number of benzene rings is 4. The molecule has 0 amide bonds. The molecule has 0 unspecified atom stereocenters. The molecule has 0 spiro atoms. The monoisotopic (exact) mass is 582 g/mol. The molecule has 6 heteroatoms. The summed E-state index contributed by atoms with van der Waals surface area (Å²) in [6.07, 6.45) is 8.71. The number of carbonyl (C=O) groups is 2. The van der Waals surface area contributed by atoms with Gasteiger partial charge in [-0.3, -0.25) is 9.59 Å². The summed E-state index contributed by atoms with van der Waals surface area (Å²) in [4.78, 5) is 41.2. The van der Waals surface area contributed by atoms with Gasteiger partial charge < -0.3 is 9.97 Å². The van der Waals surface area contributed by atoms with Crippen LogP contribution in [0.15, 0.2) is 97.1 Å². The number of rotatable bonds is 15. The molecular formula is C38H38N4O2.